The lowest BCUT2D eigenvalue weighted by Gasteiger charge is -2.27. The van der Waals surface area contributed by atoms with Crippen LogP contribution in [0, 0.1) is 0 Å². The zero-order valence-electron chi connectivity index (χ0n) is 10.3. The van der Waals surface area contributed by atoms with Gasteiger partial charge < -0.3 is 15.2 Å². The molecule has 0 spiro atoms. The van der Waals surface area contributed by atoms with Gasteiger partial charge in [0.2, 0.25) is 5.91 Å². The maximum absolute atomic E-state index is 11.7. The molecule has 1 amide bonds. The maximum Gasteiger partial charge on any atom is 0.305 e. The maximum atomic E-state index is 11.7. The summed E-state index contributed by atoms with van der Waals surface area (Å²) < 4.78 is 5.21. The first-order valence-corrected chi connectivity index (χ1v) is 6.18. The lowest BCUT2D eigenvalue weighted by molar-refractivity contribution is -0.139. The van der Waals surface area contributed by atoms with Crippen LogP contribution in [-0.4, -0.2) is 35.7 Å². The van der Waals surface area contributed by atoms with E-state index in [4.69, 9.17) is 9.84 Å². The first-order chi connectivity index (χ1) is 8.08. The Bertz CT molecular complexity index is 272. The fourth-order valence-corrected chi connectivity index (χ4v) is 2.07. The predicted octanol–water partition coefficient (Wildman–Crippen LogP) is 1.32. The second kappa shape index (κ2) is 6.59. The van der Waals surface area contributed by atoms with E-state index in [0.29, 0.717) is 26.1 Å². The van der Waals surface area contributed by atoms with E-state index in [-0.39, 0.29) is 12.3 Å². The molecule has 1 heterocycles. The Morgan fingerprint density at radius 3 is 2.71 bits per heavy atom. The minimum atomic E-state index is -0.899. The SMILES string of the molecule is CCCCCC(=O)NC1(CC(=O)O)CCOC1. The van der Waals surface area contributed by atoms with Crippen LogP contribution in [0.1, 0.15) is 45.4 Å². The van der Waals surface area contributed by atoms with Crippen LogP contribution in [0.15, 0.2) is 0 Å². The van der Waals surface area contributed by atoms with Gasteiger partial charge in [-0.3, -0.25) is 9.59 Å². The number of carboxylic acids is 1. The van der Waals surface area contributed by atoms with Gasteiger partial charge >= 0.3 is 5.97 Å². The summed E-state index contributed by atoms with van der Waals surface area (Å²) in [5, 5.41) is 11.7. The molecule has 98 valence electrons. The Morgan fingerprint density at radius 1 is 1.41 bits per heavy atom. The molecule has 0 aliphatic carbocycles. The molecule has 2 N–H and O–H groups in total. The number of hydrogen-bond acceptors (Lipinski definition) is 3. The van der Waals surface area contributed by atoms with Gasteiger partial charge in [0, 0.05) is 13.0 Å². The molecule has 0 bridgehead atoms. The summed E-state index contributed by atoms with van der Waals surface area (Å²) in [6.45, 7) is 2.90. The van der Waals surface area contributed by atoms with Crippen molar-refractivity contribution in [2.45, 2.75) is 51.0 Å². The highest BCUT2D eigenvalue weighted by Crippen LogP contribution is 2.23. The van der Waals surface area contributed by atoms with Gasteiger partial charge in [0.15, 0.2) is 0 Å². The van der Waals surface area contributed by atoms with Gasteiger partial charge in [-0.15, -0.1) is 0 Å². The molecular weight excluding hydrogens is 222 g/mol. The van der Waals surface area contributed by atoms with E-state index in [2.05, 4.69) is 12.2 Å². The van der Waals surface area contributed by atoms with Crippen molar-refractivity contribution < 1.29 is 19.4 Å². The number of carbonyl (C=O) groups excluding carboxylic acids is 1. The van der Waals surface area contributed by atoms with Gasteiger partial charge in [-0.2, -0.15) is 0 Å². The number of carboxylic acid groups (broad SMARTS) is 1. The van der Waals surface area contributed by atoms with E-state index in [1.807, 2.05) is 0 Å². The first-order valence-electron chi connectivity index (χ1n) is 6.18. The highest BCUT2D eigenvalue weighted by atomic mass is 16.5. The molecule has 1 aliphatic heterocycles. The number of nitrogens with one attached hydrogen (secondary N) is 1. The van der Waals surface area contributed by atoms with Gasteiger partial charge in [-0.1, -0.05) is 19.8 Å². The Balaban J connectivity index is 2.43. The lowest BCUT2D eigenvalue weighted by atomic mass is 9.94. The van der Waals surface area contributed by atoms with Crippen molar-refractivity contribution in [1.29, 1.82) is 0 Å². The van der Waals surface area contributed by atoms with Crippen LogP contribution in [0.2, 0.25) is 0 Å². The van der Waals surface area contributed by atoms with Crippen molar-refractivity contribution in [1.82, 2.24) is 5.32 Å². The molecule has 0 aromatic rings. The van der Waals surface area contributed by atoms with Crippen LogP contribution >= 0.6 is 0 Å². The molecule has 1 saturated heterocycles. The Labute approximate surface area is 102 Å². The summed E-state index contributed by atoms with van der Waals surface area (Å²) in [5.74, 6) is -0.963. The van der Waals surface area contributed by atoms with Crippen molar-refractivity contribution in [3.05, 3.63) is 0 Å². The van der Waals surface area contributed by atoms with Crippen molar-refractivity contribution >= 4 is 11.9 Å². The van der Waals surface area contributed by atoms with E-state index < -0.39 is 11.5 Å². The van der Waals surface area contributed by atoms with Crippen LogP contribution in [0.3, 0.4) is 0 Å². The van der Waals surface area contributed by atoms with Crippen LogP contribution in [0.25, 0.3) is 0 Å². The average Bonchev–Trinajstić information content (AvgIpc) is 2.65. The van der Waals surface area contributed by atoms with Crippen molar-refractivity contribution in [3.63, 3.8) is 0 Å². The molecule has 1 rings (SSSR count). The molecule has 0 radical (unpaired) electrons. The highest BCUT2D eigenvalue weighted by molar-refractivity contribution is 5.78. The number of amides is 1. The zero-order chi connectivity index (χ0) is 12.7. The standard InChI is InChI=1S/C12H21NO4/c1-2-3-4-5-10(14)13-12(8-11(15)16)6-7-17-9-12/h2-9H2,1H3,(H,13,14)(H,15,16). The molecule has 1 fully saturated rings. The molecule has 1 aliphatic rings. The van der Waals surface area contributed by atoms with Crippen LogP contribution < -0.4 is 5.32 Å². The minimum absolute atomic E-state index is 0.0630. The lowest BCUT2D eigenvalue weighted by Crippen LogP contribution is -2.50. The molecule has 5 heteroatoms. The Kier molecular flexibility index (Phi) is 5.41. The molecule has 0 aromatic carbocycles. The quantitative estimate of drug-likeness (QED) is 0.661. The van der Waals surface area contributed by atoms with Gasteiger partial charge in [0.1, 0.15) is 0 Å². The first kappa shape index (κ1) is 14.0. The summed E-state index contributed by atoms with van der Waals surface area (Å²) in [6, 6.07) is 0. The van der Waals surface area contributed by atoms with Crippen LogP contribution in [0.5, 0.6) is 0 Å². The molecule has 1 atom stereocenters. The van der Waals surface area contributed by atoms with E-state index in [1.54, 1.807) is 0 Å². The molecule has 1 unspecified atom stereocenters. The monoisotopic (exact) mass is 243 g/mol. The summed E-state index contributed by atoms with van der Waals surface area (Å²) in [5.41, 5.74) is -0.685. The number of aliphatic carboxylic acids is 1. The second-order valence-electron chi connectivity index (χ2n) is 4.66. The van der Waals surface area contributed by atoms with Gasteiger partial charge in [-0.05, 0) is 12.8 Å². The van der Waals surface area contributed by atoms with Crippen molar-refractivity contribution in [2.24, 2.45) is 0 Å². The molecular formula is C12H21NO4. The van der Waals surface area contributed by atoms with Crippen molar-refractivity contribution in [3.8, 4) is 0 Å². The van der Waals surface area contributed by atoms with E-state index in [1.165, 1.54) is 0 Å². The number of ether oxygens (including phenoxy) is 1. The van der Waals surface area contributed by atoms with Crippen molar-refractivity contribution in [2.75, 3.05) is 13.2 Å². The normalized spacial score (nSPS) is 23.6. The minimum Gasteiger partial charge on any atom is -0.481 e. The van der Waals surface area contributed by atoms with Gasteiger partial charge in [0.05, 0.1) is 18.6 Å². The van der Waals surface area contributed by atoms with E-state index in [0.717, 1.165) is 19.3 Å². The molecule has 5 nitrogen and oxygen atoms in total. The smallest absolute Gasteiger partial charge is 0.305 e. The summed E-state index contributed by atoms with van der Waals surface area (Å²) in [4.78, 5) is 22.5. The third kappa shape index (κ3) is 4.73. The number of unbranched alkanes of at least 4 members (excludes halogenated alkanes) is 2. The van der Waals surface area contributed by atoms with Gasteiger partial charge in [-0.25, -0.2) is 0 Å². The van der Waals surface area contributed by atoms with Crippen LogP contribution in [-0.2, 0) is 14.3 Å². The fraction of sp³-hybridized carbons (Fsp3) is 0.833. The topological polar surface area (TPSA) is 75.6 Å². The molecule has 0 aromatic heterocycles. The summed E-state index contributed by atoms with van der Waals surface area (Å²) in [7, 11) is 0. The number of rotatable bonds is 7. The number of hydrogen-bond donors (Lipinski definition) is 2. The average molecular weight is 243 g/mol. The van der Waals surface area contributed by atoms with Gasteiger partial charge in [0.25, 0.3) is 0 Å². The molecule has 0 saturated carbocycles. The third-order valence-corrected chi connectivity index (χ3v) is 3.00. The predicted molar refractivity (Wildman–Crippen MR) is 62.7 cm³/mol. The number of carbonyl (C=O) groups is 2. The third-order valence-electron chi connectivity index (χ3n) is 3.00. The highest BCUT2D eigenvalue weighted by Gasteiger charge is 2.38. The Morgan fingerprint density at radius 2 is 2.18 bits per heavy atom. The Hall–Kier alpha value is -1.10. The molecule has 17 heavy (non-hydrogen) atoms. The fourth-order valence-electron chi connectivity index (χ4n) is 2.07. The largest absolute Gasteiger partial charge is 0.481 e. The zero-order valence-corrected chi connectivity index (χ0v) is 10.3. The van der Waals surface area contributed by atoms with E-state index >= 15 is 0 Å². The summed E-state index contributed by atoms with van der Waals surface area (Å²) >= 11 is 0. The van der Waals surface area contributed by atoms with E-state index in [9.17, 15) is 9.59 Å². The summed E-state index contributed by atoms with van der Waals surface area (Å²) in [6.07, 6.45) is 3.93. The van der Waals surface area contributed by atoms with Crippen LogP contribution in [0.4, 0.5) is 0 Å². The second-order valence-corrected chi connectivity index (χ2v) is 4.66.